The van der Waals surface area contributed by atoms with Crippen LogP contribution in [0.4, 0.5) is 0 Å². The van der Waals surface area contributed by atoms with Gasteiger partial charge in [0.15, 0.2) is 0 Å². The molecular weight excluding hydrogens is 292 g/mol. The molecule has 0 bridgehead atoms. The summed E-state index contributed by atoms with van der Waals surface area (Å²) in [6.07, 6.45) is 2.75. The first-order valence-corrected chi connectivity index (χ1v) is 8.24. The van der Waals surface area contributed by atoms with Crippen LogP contribution in [0.1, 0.15) is 31.7 Å². The zero-order chi connectivity index (χ0) is 16.4. The Morgan fingerprint density at radius 3 is 2.48 bits per heavy atom. The first kappa shape index (κ1) is 16.0. The summed E-state index contributed by atoms with van der Waals surface area (Å²) in [5.74, 6) is 0.0492. The van der Waals surface area contributed by atoms with Gasteiger partial charge in [-0.25, -0.2) is 0 Å². The molecule has 1 aromatic carbocycles. The molecular formula is C18H24N2O3. The molecule has 5 nitrogen and oxygen atoms in total. The Hall–Kier alpha value is -1.88. The summed E-state index contributed by atoms with van der Waals surface area (Å²) < 4.78 is 5.73. The normalized spacial score (nSPS) is 23.3. The van der Waals surface area contributed by atoms with Gasteiger partial charge in [-0.05, 0) is 24.8 Å². The number of likely N-dealkylation sites (tertiary alicyclic amines) is 2. The number of carbonyl (C=O) groups is 2. The fraction of sp³-hybridized carbons (Fsp3) is 0.556. The smallest absolute Gasteiger partial charge is 0.245 e. The van der Waals surface area contributed by atoms with Crippen LogP contribution in [-0.4, -0.2) is 54.4 Å². The average Bonchev–Trinajstić information content (AvgIpc) is 2.55. The number of benzene rings is 1. The van der Waals surface area contributed by atoms with Crippen LogP contribution in [0.3, 0.4) is 0 Å². The maximum atomic E-state index is 12.8. The molecule has 1 atom stereocenters. The molecule has 2 heterocycles. The number of amides is 2. The van der Waals surface area contributed by atoms with Gasteiger partial charge in [-0.15, -0.1) is 0 Å². The third kappa shape index (κ3) is 2.85. The highest BCUT2D eigenvalue weighted by molar-refractivity contribution is 5.88. The van der Waals surface area contributed by atoms with Crippen molar-refractivity contribution in [3.05, 3.63) is 35.9 Å². The van der Waals surface area contributed by atoms with Crippen LogP contribution in [0.15, 0.2) is 30.3 Å². The van der Waals surface area contributed by atoms with E-state index in [0.717, 1.165) is 24.8 Å². The van der Waals surface area contributed by atoms with Gasteiger partial charge in [-0.2, -0.15) is 0 Å². The largest absolute Gasteiger partial charge is 0.370 e. The standard InChI is InChI=1S/C18H24N2O3/c1-14(21)20-11-7-6-10-16(20)17(22)19-12-18(13-19,23-2)15-8-4-3-5-9-15/h3-5,8-9,16H,6-7,10-13H2,1-2H3. The molecule has 0 spiro atoms. The van der Waals surface area contributed by atoms with Gasteiger partial charge < -0.3 is 14.5 Å². The maximum Gasteiger partial charge on any atom is 0.245 e. The van der Waals surface area contributed by atoms with Crippen LogP contribution in [-0.2, 0) is 19.9 Å². The molecule has 0 radical (unpaired) electrons. The molecule has 5 heteroatoms. The van der Waals surface area contributed by atoms with Gasteiger partial charge in [0.2, 0.25) is 11.8 Å². The van der Waals surface area contributed by atoms with E-state index in [4.69, 9.17) is 4.74 Å². The molecule has 2 amide bonds. The van der Waals surface area contributed by atoms with E-state index >= 15 is 0 Å². The van der Waals surface area contributed by atoms with Crippen molar-refractivity contribution < 1.29 is 14.3 Å². The third-order valence-corrected chi connectivity index (χ3v) is 5.09. The molecule has 124 valence electrons. The molecule has 3 rings (SSSR count). The number of methoxy groups -OCH3 is 1. The lowest BCUT2D eigenvalue weighted by Gasteiger charge is -2.51. The van der Waals surface area contributed by atoms with Gasteiger partial charge in [0.25, 0.3) is 0 Å². The van der Waals surface area contributed by atoms with Crippen LogP contribution in [0.25, 0.3) is 0 Å². The minimum absolute atomic E-state index is 0.00959. The van der Waals surface area contributed by atoms with Gasteiger partial charge in [0.1, 0.15) is 11.6 Å². The Bertz CT molecular complexity index is 581. The van der Waals surface area contributed by atoms with Gasteiger partial charge in [-0.1, -0.05) is 30.3 Å². The molecule has 2 fully saturated rings. The zero-order valence-corrected chi connectivity index (χ0v) is 13.8. The topological polar surface area (TPSA) is 49.9 Å². The first-order chi connectivity index (χ1) is 11.1. The summed E-state index contributed by atoms with van der Waals surface area (Å²) in [6.45, 7) is 3.34. The maximum absolute atomic E-state index is 12.8. The lowest BCUT2D eigenvalue weighted by atomic mass is 9.84. The van der Waals surface area contributed by atoms with Crippen molar-refractivity contribution in [1.82, 2.24) is 9.80 Å². The molecule has 2 saturated heterocycles. The Morgan fingerprint density at radius 2 is 1.87 bits per heavy atom. The number of piperidine rings is 1. The number of carbonyl (C=O) groups excluding carboxylic acids is 2. The van der Waals surface area contributed by atoms with E-state index in [-0.39, 0.29) is 17.9 Å². The lowest BCUT2D eigenvalue weighted by Crippen LogP contribution is -2.66. The quantitative estimate of drug-likeness (QED) is 0.854. The van der Waals surface area contributed by atoms with Gasteiger partial charge in [0.05, 0.1) is 13.1 Å². The Labute approximate surface area is 137 Å². The highest BCUT2D eigenvalue weighted by atomic mass is 16.5. The second-order valence-corrected chi connectivity index (χ2v) is 6.48. The Balaban J connectivity index is 1.70. The molecule has 0 N–H and O–H groups in total. The molecule has 2 aliphatic rings. The van der Waals surface area contributed by atoms with Crippen molar-refractivity contribution in [2.75, 3.05) is 26.7 Å². The molecule has 0 aliphatic carbocycles. The lowest BCUT2D eigenvalue weighted by molar-refractivity contribution is -0.172. The van der Waals surface area contributed by atoms with E-state index in [0.29, 0.717) is 19.6 Å². The van der Waals surface area contributed by atoms with Crippen molar-refractivity contribution >= 4 is 11.8 Å². The minimum atomic E-state index is -0.410. The van der Waals surface area contributed by atoms with Crippen molar-refractivity contribution in [1.29, 1.82) is 0 Å². The van der Waals surface area contributed by atoms with E-state index in [1.165, 1.54) is 0 Å². The number of nitrogens with zero attached hydrogens (tertiary/aromatic N) is 2. The van der Waals surface area contributed by atoms with E-state index in [1.807, 2.05) is 35.2 Å². The van der Waals surface area contributed by atoms with Crippen LogP contribution in [0.2, 0.25) is 0 Å². The predicted molar refractivity (Wildman–Crippen MR) is 86.7 cm³/mol. The monoisotopic (exact) mass is 316 g/mol. The van der Waals surface area contributed by atoms with E-state index in [1.54, 1.807) is 18.9 Å². The highest BCUT2D eigenvalue weighted by Crippen LogP contribution is 2.36. The molecule has 2 aliphatic heterocycles. The molecule has 1 aromatic rings. The van der Waals surface area contributed by atoms with Crippen LogP contribution >= 0.6 is 0 Å². The van der Waals surface area contributed by atoms with Gasteiger partial charge >= 0.3 is 0 Å². The summed E-state index contributed by atoms with van der Waals surface area (Å²) in [4.78, 5) is 28.1. The van der Waals surface area contributed by atoms with Gasteiger partial charge in [0, 0.05) is 20.6 Å². The third-order valence-electron chi connectivity index (χ3n) is 5.09. The van der Waals surface area contributed by atoms with Crippen molar-refractivity contribution in [2.24, 2.45) is 0 Å². The zero-order valence-electron chi connectivity index (χ0n) is 13.8. The minimum Gasteiger partial charge on any atom is -0.370 e. The second kappa shape index (κ2) is 6.32. The number of rotatable bonds is 3. The summed E-state index contributed by atoms with van der Waals surface area (Å²) in [5, 5.41) is 0. The van der Waals surface area contributed by atoms with Crippen LogP contribution < -0.4 is 0 Å². The number of hydrogen-bond acceptors (Lipinski definition) is 3. The average molecular weight is 316 g/mol. The number of ether oxygens (including phenoxy) is 1. The van der Waals surface area contributed by atoms with Gasteiger partial charge in [-0.3, -0.25) is 9.59 Å². The summed E-state index contributed by atoms with van der Waals surface area (Å²) in [7, 11) is 1.69. The molecule has 0 aromatic heterocycles. The second-order valence-electron chi connectivity index (χ2n) is 6.48. The number of hydrogen-bond donors (Lipinski definition) is 0. The molecule has 1 unspecified atom stereocenters. The van der Waals surface area contributed by atoms with E-state index < -0.39 is 5.60 Å². The fourth-order valence-electron chi connectivity index (χ4n) is 3.67. The first-order valence-electron chi connectivity index (χ1n) is 8.24. The Kier molecular flexibility index (Phi) is 4.39. The van der Waals surface area contributed by atoms with E-state index in [9.17, 15) is 9.59 Å². The molecule has 0 saturated carbocycles. The highest BCUT2D eigenvalue weighted by Gasteiger charge is 2.49. The van der Waals surface area contributed by atoms with Crippen molar-refractivity contribution in [3.8, 4) is 0 Å². The fourth-order valence-corrected chi connectivity index (χ4v) is 3.67. The summed E-state index contributed by atoms with van der Waals surface area (Å²) >= 11 is 0. The predicted octanol–water partition coefficient (Wildman–Crippen LogP) is 1.77. The van der Waals surface area contributed by atoms with E-state index in [2.05, 4.69) is 0 Å². The molecule has 23 heavy (non-hydrogen) atoms. The SMILES string of the molecule is COC1(c2ccccc2)CN(C(=O)C2CCCCN2C(C)=O)C1. The Morgan fingerprint density at radius 1 is 1.17 bits per heavy atom. The van der Waals surface area contributed by atoms with Crippen LogP contribution in [0, 0.1) is 0 Å². The summed E-state index contributed by atoms with van der Waals surface area (Å²) in [5.41, 5.74) is 0.686. The van der Waals surface area contributed by atoms with Crippen molar-refractivity contribution in [3.63, 3.8) is 0 Å². The summed E-state index contributed by atoms with van der Waals surface area (Å²) in [6, 6.07) is 9.72. The van der Waals surface area contributed by atoms with Crippen LogP contribution in [0.5, 0.6) is 0 Å². The van der Waals surface area contributed by atoms with Crippen molar-refractivity contribution in [2.45, 2.75) is 37.8 Å².